The highest BCUT2D eigenvalue weighted by atomic mass is 15.0. The number of benzene rings is 16. The molecule has 0 aliphatic carbocycles. The average Bonchev–Trinajstić information content (AvgIpc) is 1.55. The number of hydrogen-bond donors (Lipinski definition) is 0. The van der Waals surface area contributed by atoms with Gasteiger partial charge < -0.3 is 18.3 Å². The minimum absolute atomic E-state index is 0.456. The van der Waals surface area contributed by atoms with Gasteiger partial charge in [-0.05, 0) is 281 Å². The fourth-order valence-corrected chi connectivity index (χ4v) is 19.8. The topological polar surface area (TPSA) is 115 Å². The highest BCUT2D eigenvalue weighted by Crippen LogP contribution is 2.49. The van der Waals surface area contributed by atoms with E-state index in [-0.39, 0.29) is 0 Å². The van der Waals surface area contributed by atoms with E-state index in [1.165, 1.54) is 66.8 Å². The van der Waals surface area contributed by atoms with E-state index in [1.807, 2.05) is 54.6 Å². The van der Waals surface area contributed by atoms with Crippen molar-refractivity contribution < 1.29 is 0 Å². The Labute approximate surface area is 685 Å². The number of aryl methyl sites for hydroxylation is 10. The Morgan fingerprint density at radius 2 is 0.500 bits per heavy atom. The highest BCUT2D eigenvalue weighted by molar-refractivity contribution is 6.17. The van der Waals surface area contributed by atoms with Crippen LogP contribution in [-0.4, -0.2) is 18.3 Å². The summed E-state index contributed by atoms with van der Waals surface area (Å²) in [4.78, 5) is 0. The van der Waals surface area contributed by atoms with Crippen molar-refractivity contribution in [3.8, 4) is 125 Å². The molecule has 0 fully saturated rings. The Kier molecular flexibility index (Phi) is 16.9. The molecule has 20 aromatic rings. The van der Waals surface area contributed by atoms with Crippen LogP contribution in [0.5, 0.6) is 0 Å². The van der Waals surface area contributed by atoms with Gasteiger partial charge in [0.25, 0.3) is 0 Å². The van der Waals surface area contributed by atoms with Gasteiger partial charge in [-0.1, -0.05) is 191 Å². The zero-order valence-electron chi connectivity index (χ0n) is 67.3. The minimum atomic E-state index is 0.456. The van der Waals surface area contributed by atoms with Crippen LogP contribution in [0.1, 0.15) is 77.9 Å². The van der Waals surface area contributed by atoms with E-state index in [0.717, 1.165) is 166 Å². The van der Waals surface area contributed by atoms with E-state index < -0.39 is 0 Å². The fraction of sp³-hybridized carbons (Fsp3) is 0.0909. The number of rotatable bonds is 11. The number of nitrogens with zero attached hydrogens (tertiary/aromatic N) is 8. The third-order valence-electron chi connectivity index (χ3n) is 24.3. The predicted molar refractivity (Wildman–Crippen MR) is 488 cm³/mol. The summed E-state index contributed by atoms with van der Waals surface area (Å²) < 4.78 is 9.30. The van der Waals surface area contributed by atoms with Crippen LogP contribution in [0.15, 0.2) is 291 Å². The minimum Gasteiger partial charge on any atom is -0.309 e. The van der Waals surface area contributed by atoms with E-state index in [2.05, 4.69) is 348 Å². The molecule has 4 heterocycles. The van der Waals surface area contributed by atoms with Crippen LogP contribution >= 0.6 is 0 Å². The molecule has 0 N–H and O–H groups in total. The van der Waals surface area contributed by atoms with E-state index >= 15 is 0 Å². The maximum Gasteiger partial charge on any atom is 0.0998 e. The van der Waals surface area contributed by atoms with Crippen molar-refractivity contribution >= 4 is 87.2 Å². The van der Waals surface area contributed by atoms with Gasteiger partial charge in [-0.3, -0.25) is 0 Å². The maximum absolute atomic E-state index is 11.7. The molecule has 0 unspecified atom stereocenters. The van der Waals surface area contributed by atoms with Crippen LogP contribution in [0.4, 0.5) is 0 Å². The molecule has 8 nitrogen and oxygen atoms in total. The lowest BCUT2D eigenvalue weighted by atomic mass is 9.93. The number of hydrogen-bond acceptors (Lipinski definition) is 4. The lowest BCUT2D eigenvalue weighted by molar-refractivity contribution is 1.15. The highest BCUT2D eigenvalue weighted by Gasteiger charge is 2.29. The van der Waals surface area contributed by atoms with Gasteiger partial charge in [0.15, 0.2) is 0 Å². The number of aromatic nitrogens is 4. The summed E-state index contributed by atoms with van der Waals surface area (Å²) in [5.41, 5.74) is 38.7. The second-order valence-electron chi connectivity index (χ2n) is 32.4. The first-order chi connectivity index (χ1) is 57.4. The molecule has 118 heavy (non-hydrogen) atoms. The molecular weight excluding hydrogens is 1430 g/mol. The van der Waals surface area contributed by atoms with Crippen LogP contribution in [0.3, 0.4) is 0 Å². The van der Waals surface area contributed by atoms with Crippen LogP contribution in [-0.2, 0) is 0 Å². The smallest absolute Gasteiger partial charge is 0.0998 e. The third-order valence-corrected chi connectivity index (χ3v) is 24.3. The van der Waals surface area contributed by atoms with Crippen molar-refractivity contribution in [1.29, 1.82) is 21.0 Å². The first-order valence-corrected chi connectivity index (χ1v) is 40.1. The molecule has 0 bridgehead atoms. The van der Waals surface area contributed by atoms with Gasteiger partial charge in [0.2, 0.25) is 0 Å². The molecule has 0 aliphatic rings. The molecule has 0 atom stereocenters. The monoisotopic (exact) mass is 1510 g/mol. The molecule has 4 aromatic heterocycles. The van der Waals surface area contributed by atoms with Gasteiger partial charge in [0.1, 0.15) is 0 Å². The third kappa shape index (κ3) is 11.5. The summed E-state index contributed by atoms with van der Waals surface area (Å²) in [6.07, 6.45) is 0. The largest absolute Gasteiger partial charge is 0.309 e. The molecule has 16 aromatic carbocycles. The normalized spacial score (nSPS) is 11.6. The molecule has 0 saturated heterocycles. The molecule has 0 amide bonds. The summed E-state index contributed by atoms with van der Waals surface area (Å²) >= 11 is 0. The molecule has 0 radical (unpaired) electrons. The number of fused-ring (bicyclic) bond motifs is 12. The molecule has 20 rings (SSSR count). The van der Waals surface area contributed by atoms with Gasteiger partial charge in [0.05, 0.1) is 113 Å². The molecule has 0 saturated carbocycles. The fourth-order valence-electron chi connectivity index (χ4n) is 19.8. The summed E-state index contributed by atoms with van der Waals surface area (Å²) in [6.45, 7) is 21.7. The van der Waals surface area contributed by atoms with Crippen molar-refractivity contribution in [3.63, 3.8) is 0 Å². The van der Waals surface area contributed by atoms with Crippen LogP contribution < -0.4 is 0 Å². The Balaban J connectivity index is 0.829. The summed E-state index contributed by atoms with van der Waals surface area (Å²) in [7, 11) is 0. The molecule has 0 aliphatic heterocycles. The first kappa shape index (κ1) is 71.7. The Morgan fingerprint density at radius 3 is 0.864 bits per heavy atom. The van der Waals surface area contributed by atoms with Gasteiger partial charge >= 0.3 is 0 Å². The predicted octanol–water partition coefficient (Wildman–Crippen LogP) is 28.3. The van der Waals surface area contributed by atoms with E-state index in [0.29, 0.717) is 33.4 Å². The van der Waals surface area contributed by atoms with Crippen molar-refractivity contribution in [3.05, 3.63) is 369 Å². The lowest BCUT2D eigenvalue weighted by Gasteiger charge is -2.20. The summed E-state index contributed by atoms with van der Waals surface area (Å²) in [5.74, 6) is 0. The van der Waals surface area contributed by atoms with Crippen molar-refractivity contribution in [1.82, 2.24) is 18.3 Å². The van der Waals surface area contributed by atoms with Crippen LogP contribution in [0.25, 0.3) is 188 Å². The average molecular weight is 1510 g/mol. The molecule has 558 valence electrons. The second kappa shape index (κ2) is 27.8. The van der Waals surface area contributed by atoms with Crippen molar-refractivity contribution in [2.45, 2.75) is 69.2 Å². The van der Waals surface area contributed by atoms with Gasteiger partial charge in [-0.2, -0.15) is 21.0 Å². The zero-order valence-corrected chi connectivity index (χ0v) is 67.3. The number of nitriles is 4. The number of para-hydroxylation sites is 2. The van der Waals surface area contributed by atoms with Crippen LogP contribution in [0, 0.1) is 115 Å². The summed E-state index contributed by atoms with van der Waals surface area (Å²) in [6, 6.07) is 114. The van der Waals surface area contributed by atoms with E-state index in [4.69, 9.17) is 0 Å². The van der Waals surface area contributed by atoms with Crippen molar-refractivity contribution in [2.75, 3.05) is 0 Å². The maximum atomic E-state index is 11.7. The van der Waals surface area contributed by atoms with Crippen molar-refractivity contribution in [2.24, 2.45) is 0 Å². The van der Waals surface area contributed by atoms with Gasteiger partial charge in [0, 0.05) is 65.3 Å². The zero-order chi connectivity index (χ0) is 80.8. The van der Waals surface area contributed by atoms with Gasteiger partial charge in [-0.15, -0.1) is 0 Å². The Bertz CT molecular complexity index is 7900. The first-order valence-electron chi connectivity index (χ1n) is 40.1. The molecular formula is C110H78N8. The SMILES string of the molecule is Cc1cc(C)cc(-c2ccc3c(c2)c2ccccc2n3-c2ccc(C#N)cc2-c2c(C#N)cccc2-n2c3ccc(-c4cc(C)cc(C)c4)cc3c3ccc(-c4ccc5c6cc(-c7c(C)cc(C)cc7C)ccc6n(-c6cccc(C#N)c6-c6cc(C#N)ccc6-n6c7ccccc7c7cc(-c8c(C)cc(C)cc8C)ccc76)c5c4)cc32)c1. The Hall–Kier alpha value is -15.3. The second-order valence-corrected chi connectivity index (χ2v) is 32.4. The lowest BCUT2D eigenvalue weighted by Crippen LogP contribution is -2.04. The van der Waals surface area contributed by atoms with Crippen LogP contribution in [0.2, 0.25) is 0 Å². The van der Waals surface area contributed by atoms with E-state index in [9.17, 15) is 21.0 Å². The van der Waals surface area contributed by atoms with E-state index in [1.54, 1.807) is 0 Å². The van der Waals surface area contributed by atoms with Gasteiger partial charge in [-0.25, -0.2) is 0 Å². The quantitative estimate of drug-likeness (QED) is 0.128. The molecule has 8 heteroatoms. The molecule has 0 spiro atoms. The summed E-state index contributed by atoms with van der Waals surface area (Å²) in [5, 5.41) is 54.0. The Morgan fingerprint density at radius 1 is 0.195 bits per heavy atom. The standard InChI is InChI=1S/C110H78N8/c1-63-41-64(2)48-83(47-63)75-29-37-97-89(53-75)85-19-11-13-21-95(85)115(97)101-35-25-73(59-111)51-93(101)109-81(61-113)17-15-23-103(109)117-99-38-30-76(84-49-65(3)42-66(4)50-84)54-90(99)87-33-27-77(57-105(87)117)78-28-34-88-92-56-80(108-71(9)45-68(6)46-72(108)10)32-40-100(92)118(106(88)58-78)104-24-16-18-82(62-114)110(104)94-52-74(60-112)26-36-102(94)116-96-22-14-12-20-86(96)91-55-79(31-39-98(91)116)107-69(7)43-67(5)44-70(107)8/h11-58H,1-10H3.